The molecule has 0 aliphatic heterocycles. The van der Waals surface area contributed by atoms with Crippen LogP contribution in [0.1, 0.15) is 25.3 Å². The van der Waals surface area contributed by atoms with Crippen molar-refractivity contribution in [3.8, 4) is 0 Å². The van der Waals surface area contributed by atoms with Gasteiger partial charge in [-0.1, -0.05) is 41.1 Å². The molecule has 90 valence electrons. The molecule has 1 atom stereocenters. The summed E-state index contributed by atoms with van der Waals surface area (Å²) in [6.07, 6.45) is 2.13. The van der Waals surface area contributed by atoms with Crippen LogP contribution in [0.5, 0.6) is 0 Å². The highest BCUT2D eigenvalue weighted by Crippen LogP contribution is 2.17. The molecule has 0 bridgehead atoms. The number of halogens is 1. The summed E-state index contributed by atoms with van der Waals surface area (Å²) >= 11 is 3.57. The van der Waals surface area contributed by atoms with Crippen LogP contribution < -0.4 is 5.73 Å². The summed E-state index contributed by atoms with van der Waals surface area (Å²) in [4.78, 5) is 2.32. The molecule has 2 nitrogen and oxygen atoms in total. The summed E-state index contributed by atoms with van der Waals surface area (Å²) in [5.74, 6) is 0. The molecule has 0 saturated carbocycles. The highest BCUT2D eigenvalue weighted by molar-refractivity contribution is 9.10. The standard InChI is InChI=1S/C13H21BrN2/c1-3-12(15)8-9-16(2)10-11-6-4-5-7-13(11)14/h4-7,12H,3,8-10,15H2,1-2H3. The van der Waals surface area contributed by atoms with Crippen molar-refractivity contribution in [2.45, 2.75) is 32.4 Å². The van der Waals surface area contributed by atoms with Gasteiger partial charge in [0, 0.05) is 17.1 Å². The zero-order valence-corrected chi connectivity index (χ0v) is 11.7. The van der Waals surface area contributed by atoms with Crippen LogP contribution >= 0.6 is 15.9 Å². The summed E-state index contributed by atoms with van der Waals surface area (Å²) in [7, 11) is 2.14. The fourth-order valence-electron chi connectivity index (χ4n) is 1.59. The first-order valence-electron chi connectivity index (χ1n) is 5.81. The number of hydrogen-bond acceptors (Lipinski definition) is 2. The van der Waals surface area contributed by atoms with Crippen LogP contribution in [0.2, 0.25) is 0 Å². The van der Waals surface area contributed by atoms with Crippen molar-refractivity contribution in [1.82, 2.24) is 4.90 Å². The van der Waals surface area contributed by atoms with E-state index in [0.29, 0.717) is 6.04 Å². The zero-order chi connectivity index (χ0) is 12.0. The van der Waals surface area contributed by atoms with Crippen LogP contribution in [-0.2, 0) is 6.54 Å². The highest BCUT2D eigenvalue weighted by Gasteiger charge is 2.05. The van der Waals surface area contributed by atoms with Crippen molar-refractivity contribution in [1.29, 1.82) is 0 Å². The minimum absolute atomic E-state index is 0.335. The van der Waals surface area contributed by atoms with E-state index in [9.17, 15) is 0 Å². The number of nitrogens with zero attached hydrogens (tertiary/aromatic N) is 1. The van der Waals surface area contributed by atoms with Crippen molar-refractivity contribution in [3.05, 3.63) is 34.3 Å². The molecule has 1 rings (SSSR count). The third kappa shape index (κ3) is 4.64. The Balaban J connectivity index is 2.40. The lowest BCUT2D eigenvalue weighted by atomic mass is 10.1. The van der Waals surface area contributed by atoms with Gasteiger partial charge in [0.1, 0.15) is 0 Å². The maximum atomic E-state index is 5.91. The van der Waals surface area contributed by atoms with E-state index < -0.39 is 0 Å². The number of hydrogen-bond donors (Lipinski definition) is 1. The summed E-state index contributed by atoms with van der Waals surface area (Å²) in [6, 6.07) is 8.69. The van der Waals surface area contributed by atoms with Crippen molar-refractivity contribution in [2.75, 3.05) is 13.6 Å². The lowest BCUT2D eigenvalue weighted by Crippen LogP contribution is -2.27. The predicted octanol–water partition coefficient (Wildman–Crippen LogP) is 3.01. The summed E-state index contributed by atoms with van der Waals surface area (Å²) in [6.45, 7) is 4.16. The fraction of sp³-hybridized carbons (Fsp3) is 0.538. The zero-order valence-electron chi connectivity index (χ0n) is 10.1. The molecule has 0 fully saturated rings. The molecule has 2 N–H and O–H groups in total. The van der Waals surface area contributed by atoms with Crippen molar-refractivity contribution in [2.24, 2.45) is 5.73 Å². The average molecular weight is 285 g/mol. The third-order valence-electron chi connectivity index (χ3n) is 2.80. The van der Waals surface area contributed by atoms with E-state index >= 15 is 0 Å². The quantitative estimate of drug-likeness (QED) is 0.870. The van der Waals surface area contributed by atoms with E-state index in [-0.39, 0.29) is 0 Å². The molecular weight excluding hydrogens is 264 g/mol. The highest BCUT2D eigenvalue weighted by atomic mass is 79.9. The van der Waals surface area contributed by atoms with Gasteiger partial charge in [0.2, 0.25) is 0 Å². The Labute approximate surface area is 107 Å². The summed E-state index contributed by atoms with van der Waals surface area (Å²) in [5, 5.41) is 0. The predicted molar refractivity (Wildman–Crippen MR) is 73.4 cm³/mol. The Morgan fingerprint density at radius 2 is 2.06 bits per heavy atom. The molecule has 0 aliphatic carbocycles. The van der Waals surface area contributed by atoms with Gasteiger partial charge in [-0.05, 0) is 38.1 Å². The Hall–Kier alpha value is -0.380. The van der Waals surface area contributed by atoms with Gasteiger partial charge in [-0.25, -0.2) is 0 Å². The molecule has 1 aromatic rings. The minimum Gasteiger partial charge on any atom is -0.328 e. The molecule has 0 saturated heterocycles. The van der Waals surface area contributed by atoms with Crippen LogP contribution in [0.15, 0.2) is 28.7 Å². The monoisotopic (exact) mass is 284 g/mol. The maximum Gasteiger partial charge on any atom is 0.0241 e. The van der Waals surface area contributed by atoms with Gasteiger partial charge in [-0.3, -0.25) is 0 Å². The molecule has 0 spiro atoms. The molecular formula is C13H21BrN2. The van der Waals surface area contributed by atoms with E-state index in [1.807, 2.05) is 6.07 Å². The Kier molecular flexibility index (Phi) is 6.03. The van der Waals surface area contributed by atoms with Crippen LogP contribution in [0.3, 0.4) is 0 Å². The normalized spacial score (nSPS) is 13.1. The molecule has 1 aromatic carbocycles. The van der Waals surface area contributed by atoms with E-state index in [1.165, 1.54) is 10.0 Å². The van der Waals surface area contributed by atoms with Crippen LogP contribution in [-0.4, -0.2) is 24.5 Å². The average Bonchev–Trinajstić information content (AvgIpc) is 2.29. The first kappa shape index (κ1) is 13.7. The maximum absolute atomic E-state index is 5.91. The van der Waals surface area contributed by atoms with Crippen LogP contribution in [0.25, 0.3) is 0 Å². The van der Waals surface area contributed by atoms with E-state index in [4.69, 9.17) is 5.73 Å². The van der Waals surface area contributed by atoms with Crippen molar-refractivity contribution in [3.63, 3.8) is 0 Å². The SMILES string of the molecule is CCC(N)CCN(C)Cc1ccccc1Br. The smallest absolute Gasteiger partial charge is 0.0241 e. The van der Waals surface area contributed by atoms with Gasteiger partial charge in [0.05, 0.1) is 0 Å². The van der Waals surface area contributed by atoms with Gasteiger partial charge in [0.15, 0.2) is 0 Å². The second kappa shape index (κ2) is 7.05. The van der Waals surface area contributed by atoms with E-state index in [2.05, 4.69) is 53.0 Å². The summed E-state index contributed by atoms with van der Waals surface area (Å²) < 4.78 is 1.18. The van der Waals surface area contributed by atoms with Gasteiger partial charge >= 0.3 is 0 Å². The molecule has 0 radical (unpaired) electrons. The Morgan fingerprint density at radius 3 is 2.69 bits per heavy atom. The molecule has 0 aliphatic rings. The first-order chi connectivity index (χ1) is 7.63. The molecule has 3 heteroatoms. The van der Waals surface area contributed by atoms with E-state index in [0.717, 1.165) is 25.9 Å². The molecule has 0 amide bonds. The number of benzene rings is 1. The molecule has 0 heterocycles. The third-order valence-corrected chi connectivity index (χ3v) is 3.58. The molecule has 16 heavy (non-hydrogen) atoms. The fourth-order valence-corrected chi connectivity index (χ4v) is 2.00. The second-order valence-electron chi connectivity index (χ2n) is 4.29. The van der Waals surface area contributed by atoms with Crippen LogP contribution in [0, 0.1) is 0 Å². The number of nitrogens with two attached hydrogens (primary N) is 1. The van der Waals surface area contributed by atoms with Gasteiger partial charge in [0.25, 0.3) is 0 Å². The second-order valence-corrected chi connectivity index (χ2v) is 5.14. The minimum atomic E-state index is 0.335. The lowest BCUT2D eigenvalue weighted by Gasteiger charge is -2.19. The van der Waals surface area contributed by atoms with E-state index in [1.54, 1.807) is 0 Å². The Morgan fingerprint density at radius 1 is 1.38 bits per heavy atom. The number of rotatable bonds is 6. The summed E-state index contributed by atoms with van der Waals surface area (Å²) in [5.41, 5.74) is 7.24. The largest absolute Gasteiger partial charge is 0.328 e. The van der Waals surface area contributed by atoms with Crippen molar-refractivity contribution < 1.29 is 0 Å². The topological polar surface area (TPSA) is 29.3 Å². The Bertz CT molecular complexity index is 315. The van der Waals surface area contributed by atoms with Crippen molar-refractivity contribution >= 4 is 15.9 Å². The van der Waals surface area contributed by atoms with Gasteiger partial charge in [-0.15, -0.1) is 0 Å². The van der Waals surface area contributed by atoms with Gasteiger partial charge < -0.3 is 10.6 Å². The van der Waals surface area contributed by atoms with Crippen LogP contribution in [0.4, 0.5) is 0 Å². The molecule has 1 unspecified atom stereocenters. The first-order valence-corrected chi connectivity index (χ1v) is 6.60. The lowest BCUT2D eigenvalue weighted by molar-refractivity contribution is 0.309. The van der Waals surface area contributed by atoms with Gasteiger partial charge in [-0.2, -0.15) is 0 Å². The molecule has 0 aromatic heterocycles.